The predicted molar refractivity (Wildman–Crippen MR) is 78.2 cm³/mol. The van der Waals surface area contributed by atoms with Crippen LogP contribution in [0.25, 0.3) is 0 Å². The summed E-state index contributed by atoms with van der Waals surface area (Å²) in [5.41, 5.74) is 1.11. The fourth-order valence-corrected chi connectivity index (χ4v) is 3.55. The average Bonchev–Trinajstić information content (AvgIpc) is 2.95. The lowest BCUT2D eigenvalue weighted by molar-refractivity contribution is -0.197. The molecule has 114 valence electrons. The van der Waals surface area contributed by atoms with Crippen LogP contribution in [0.15, 0.2) is 24.3 Å². The number of esters is 1. The van der Waals surface area contributed by atoms with Gasteiger partial charge in [-0.15, -0.1) is 0 Å². The van der Waals surface area contributed by atoms with E-state index in [1.807, 2.05) is 24.3 Å². The molecule has 1 saturated carbocycles. The van der Waals surface area contributed by atoms with Crippen molar-refractivity contribution in [3.8, 4) is 0 Å². The van der Waals surface area contributed by atoms with Gasteiger partial charge < -0.3 is 14.2 Å². The summed E-state index contributed by atoms with van der Waals surface area (Å²) in [7, 11) is 1.43. The minimum absolute atomic E-state index is 0.119. The fourth-order valence-electron chi connectivity index (χ4n) is 3.42. The molecule has 1 spiro atoms. The van der Waals surface area contributed by atoms with Crippen molar-refractivity contribution in [2.75, 3.05) is 20.3 Å². The van der Waals surface area contributed by atoms with Gasteiger partial charge >= 0.3 is 5.97 Å². The lowest BCUT2D eigenvalue weighted by Gasteiger charge is -2.40. The Hall–Kier alpha value is -1.10. The molecule has 5 heteroatoms. The summed E-state index contributed by atoms with van der Waals surface area (Å²) in [6.07, 6.45) is 2.18. The van der Waals surface area contributed by atoms with E-state index in [9.17, 15) is 4.79 Å². The Morgan fingerprint density at radius 3 is 2.57 bits per heavy atom. The molecule has 1 aromatic rings. The molecule has 2 atom stereocenters. The summed E-state index contributed by atoms with van der Waals surface area (Å²) in [5.74, 6) is -0.925. The Kier molecular flexibility index (Phi) is 4.20. The Balaban J connectivity index is 1.85. The Bertz CT molecular complexity index is 508. The molecule has 0 bridgehead atoms. The molecule has 1 heterocycles. The first kappa shape index (κ1) is 14.8. The SMILES string of the molecule is COC(=O)[C@H]1CC2(CC[C@@H]1c1ccc(Cl)cc1)OCCO2. The van der Waals surface area contributed by atoms with E-state index in [2.05, 4.69) is 0 Å². The van der Waals surface area contributed by atoms with E-state index in [0.29, 0.717) is 24.7 Å². The second-order valence-electron chi connectivity index (χ2n) is 5.64. The van der Waals surface area contributed by atoms with Gasteiger partial charge in [-0.2, -0.15) is 0 Å². The number of carbonyl (C=O) groups is 1. The van der Waals surface area contributed by atoms with Crippen LogP contribution in [0.3, 0.4) is 0 Å². The van der Waals surface area contributed by atoms with Crippen molar-refractivity contribution in [3.63, 3.8) is 0 Å². The highest BCUT2D eigenvalue weighted by molar-refractivity contribution is 6.30. The molecule has 0 N–H and O–H groups in total. The largest absolute Gasteiger partial charge is 0.469 e. The van der Waals surface area contributed by atoms with Crippen LogP contribution in [-0.4, -0.2) is 32.1 Å². The lowest BCUT2D eigenvalue weighted by atomic mass is 9.73. The summed E-state index contributed by atoms with van der Waals surface area (Å²) in [6.45, 7) is 1.19. The number of methoxy groups -OCH3 is 1. The third-order valence-electron chi connectivity index (χ3n) is 4.47. The van der Waals surface area contributed by atoms with Crippen LogP contribution in [0.2, 0.25) is 5.02 Å². The van der Waals surface area contributed by atoms with E-state index in [1.54, 1.807) is 0 Å². The molecule has 0 radical (unpaired) electrons. The number of hydrogen-bond acceptors (Lipinski definition) is 4. The van der Waals surface area contributed by atoms with Crippen LogP contribution in [0.5, 0.6) is 0 Å². The van der Waals surface area contributed by atoms with Crippen LogP contribution in [0, 0.1) is 5.92 Å². The van der Waals surface area contributed by atoms with Gasteiger partial charge in [-0.3, -0.25) is 4.79 Å². The summed E-state index contributed by atoms with van der Waals surface area (Å²) in [4.78, 5) is 12.2. The van der Waals surface area contributed by atoms with E-state index < -0.39 is 5.79 Å². The van der Waals surface area contributed by atoms with E-state index in [1.165, 1.54) is 7.11 Å². The molecule has 21 heavy (non-hydrogen) atoms. The van der Waals surface area contributed by atoms with Crippen LogP contribution in [0.4, 0.5) is 0 Å². The average molecular weight is 311 g/mol. The Labute approximate surface area is 129 Å². The Morgan fingerprint density at radius 1 is 1.29 bits per heavy atom. The van der Waals surface area contributed by atoms with Crippen molar-refractivity contribution in [1.82, 2.24) is 0 Å². The summed E-state index contributed by atoms with van der Waals surface area (Å²) >= 11 is 5.94. The molecule has 1 saturated heterocycles. The van der Waals surface area contributed by atoms with E-state index in [4.69, 9.17) is 25.8 Å². The zero-order valence-electron chi connectivity index (χ0n) is 12.0. The molecule has 2 aliphatic rings. The monoisotopic (exact) mass is 310 g/mol. The molecule has 2 fully saturated rings. The highest BCUT2D eigenvalue weighted by Gasteiger charge is 2.48. The molecule has 0 amide bonds. The summed E-state index contributed by atoms with van der Waals surface area (Å²) in [6, 6.07) is 7.69. The van der Waals surface area contributed by atoms with Gasteiger partial charge in [-0.05, 0) is 30.0 Å². The predicted octanol–water partition coefficient (Wildman–Crippen LogP) is 3.14. The van der Waals surface area contributed by atoms with Crippen LogP contribution >= 0.6 is 11.6 Å². The smallest absolute Gasteiger partial charge is 0.309 e. The molecule has 1 aromatic carbocycles. The number of hydrogen-bond donors (Lipinski definition) is 0. The van der Waals surface area contributed by atoms with Crippen molar-refractivity contribution in [3.05, 3.63) is 34.9 Å². The van der Waals surface area contributed by atoms with Crippen LogP contribution in [-0.2, 0) is 19.0 Å². The molecular weight excluding hydrogens is 292 g/mol. The maximum Gasteiger partial charge on any atom is 0.309 e. The zero-order chi connectivity index (χ0) is 14.9. The second kappa shape index (κ2) is 5.95. The molecule has 3 rings (SSSR count). The van der Waals surface area contributed by atoms with Crippen molar-refractivity contribution < 1.29 is 19.0 Å². The number of benzene rings is 1. The van der Waals surface area contributed by atoms with Gasteiger partial charge in [0.1, 0.15) is 0 Å². The number of rotatable bonds is 2. The van der Waals surface area contributed by atoms with Gasteiger partial charge in [0.2, 0.25) is 0 Å². The quantitative estimate of drug-likeness (QED) is 0.787. The molecule has 0 unspecified atom stereocenters. The van der Waals surface area contributed by atoms with Gasteiger partial charge in [0.05, 0.1) is 26.2 Å². The highest BCUT2D eigenvalue weighted by atomic mass is 35.5. The summed E-state index contributed by atoms with van der Waals surface area (Å²) in [5, 5.41) is 0.697. The van der Waals surface area contributed by atoms with Crippen molar-refractivity contribution in [1.29, 1.82) is 0 Å². The standard InChI is InChI=1S/C16H19ClO4/c1-19-15(18)14-10-16(20-8-9-21-16)7-6-13(14)11-2-4-12(17)5-3-11/h2-5,13-14H,6-10H2,1H3/t13-,14+/m1/s1. The fraction of sp³-hybridized carbons (Fsp3) is 0.562. The first-order valence-corrected chi connectivity index (χ1v) is 7.62. The molecule has 4 nitrogen and oxygen atoms in total. The van der Waals surface area contributed by atoms with E-state index in [-0.39, 0.29) is 17.8 Å². The third kappa shape index (κ3) is 2.93. The molecule has 1 aliphatic heterocycles. The van der Waals surface area contributed by atoms with Gasteiger partial charge in [0, 0.05) is 17.9 Å². The van der Waals surface area contributed by atoms with Gasteiger partial charge in [0.15, 0.2) is 5.79 Å². The number of halogens is 1. The van der Waals surface area contributed by atoms with E-state index in [0.717, 1.165) is 18.4 Å². The van der Waals surface area contributed by atoms with Gasteiger partial charge in [-0.25, -0.2) is 0 Å². The Morgan fingerprint density at radius 2 is 1.95 bits per heavy atom. The van der Waals surface area contributed by atoms with Gasteiger partial charge in [-0.1, -0.05) is 23.7 Å². The van der Waals surface area contributed by atoms with Crippen LogP contribution in [0.1, 0.15) is 30.7 Å². The van der Waals surface area contributed by atoms with E-state index >= 15 is 0 Å². The third-order valence-corrected chi connectivity index (χ3v) is 4.72. The maximum atomic E-state index is 12.2. The number of ether oxygens (including phenoxy) is 3. The molecule has 1 aliphatic carbocycles. The lowest BCUT2D eigenvalue weighted by Crippen LogP contribution is -2.42. The normalized spacial score (nSPS) is 27.7. The first-order chi connectivity index (χ1) is 10.1. The second-order valence-corrected chi connectivity index (χ2v) is 6.07. The number of carbonyl (C=O) groups excluding carboxylic acids is 1. The van der Waals surface area contributed by atoms with Crippen molar-refractivity contribution in [2.24, 2.45) is 5.92 Å². The first-order valence-electron chi connectivity index (χ1n) is 7.25. The van der Waals surface area contributed by atoms with Gasteiger partial charge in [0.25, 0.3) is 0 Å². The minimum atomic E-state index is -0.595. The minimum Gasteiger partial charge on any atom is -0.469 e. The van der Waals surface area contributed by atoms with Crippen LogP contribution < -0.4 is 0 Å². The van der Waals surface area contributed by atoms with Crippen molar-refractivity contribution >= 4 is 17.6 Å². The highest BCUT2D eigenvalue weighted by Crippen LogP contribution is 2.46. The maximum absolute atomic E-state index is 12.2. The van der Waals surface area contributed by atoms with Crippen molar-refractivity contribution in [2.45, 2.75) is 31.0 Å². The molecule has 0 aromatic heterocycles. The molecular formula is C16H19ClO4. The summed E-state index contributed by atoms with van der Waals surface area (Å²) < 4.78 is 16.5. The topological polar surface area (TPSA) is 44.8 Å². The zero-order valence-corrected chi connectivity index (χ0v) is 12.8.